The lowest BCUT2D eigenvalue weighted by molar-refractivity contribution is 0.272. The molecular formula is C14H21ClN2. The number of nitrogens with zero attached hydrogens (tertiary/aromatic N) is 2. The molecule has 1 unspecified atom stereocenters. The lowest BCUT2D eigenvalue weighted by Crippen LogP contribution is -2.24. The molecular weight excluding hydrogens is 232 g/mol. The Labute approximate surface area is 109 Å². The van der Waals surface area contributed by atoms with Gasteiger partial charge in [-0.3, -0.25) is 4.90 Å². The third-order valence-electron chi connectivity index (χ3n) is 3.71. The van der Waals surface area contributed by atoms with Gasteiger partial charge in [-0.25, -0.2) is 4.98 Å². The van der Waals surface area contributed by atoms with E-state index in [1.807, 2.05) is 12.3 Å². The molecule has 2 nitrogen and oxygen atoms in total. The van der Waals surface area contributed by atoms with Crippen molar-refractivity contribution in [2.75, 3.05) is 13.1 Å². The minimum Gasteiger partial charge on any atom is -0.299 e. The van der Waals surface area contributed by atoms with Gasteiger partial charge in [-0.05, 0) is 49.9 Å². The first-order chi connectivity index (χ1) is 8.28. The van der Waals surface area contributed by atoms with E-state index in [2.05, 4.69) is 22.9 Å². The van der Waals surface area contributed by atoms with E-state index >= 15 is 0 Å². The molecule has 0 N–H and O–H groups in total. The maximum Gasteiger partial charge on any atom is 0.129 e. The van der Waals surface area contributed by atoms with Crippen LogP contribution in [0.25, 0.3) is 0 Å². The lowest BCUT2D eigenvalue weighted by Gasteiger charge is -2.19. The first kappa shape index (κ1) is 12.8. The Balaban J connectivity index is 1.88. The normalized spacial score (nSPS) is 22.4. The number of halogens is 1. The molecule has 1 aromatic rings. The zero-order valence-electron chi connectivity index (χ0n) is 10.5. The first-order valence-electron chi connectivity index (χ1n) is 6.60. The van der Waals surface area contributed by atoms with Crippen molar-refractivity contribution in [2.24, 2.45) is 5.92 Å². The van der Waals surface area contributed by atoms with Crippen molar-refractivity contribution in [3.05, 3.63) is 29.0 Å². The lowest BCUT2D eigenvalue weighted by atomic mass is 9.98. The molecule has 1 aliphatic heterocycles. The molecule has 17 heavy (non-hydrogen) atoms. The number of likely N-dealkylation sites (tertiary alicyclic amines) is 1. The molecule has 94 valence electrons. The van der Waals surface area contributed by atoms with Crippen molar-refractivity contribution in [1.82, 2.24) is 9.88 Å². The van der Waals surface area contributed by atoms with Gasteiger partial charge in [0.15, 0.2) is 0 Å². The SMILES string of the molecule is CCC1CCCN(Cc2ccc(Cl)nc2)CC1. The van der Waals surface area contributed by atoms with Crippen LogP contribution < -0.4 is 0 Å². The van der Waals surface area contributed by atoms with Crippen LogP contribution in [0.1, 0.15) is 38.2 Å². The maximum absolute atomic E-state index is 5.79. The maximum atomic E-state index is 5.79. The molecule has 0 aromatic carbocycles. The van der Waals surface area contributed by atoms with Crippen molar-refractivity contribution in [1.29, 1.82) is 0 Å². The molecule has 0 aliphatic carbocycles. The molecule has 2 rings (SSSR count). The van der Waals surface area contributed by atoms with Gasteiger partial charge in [0, 0.05) is 12.7 Å². The number of rotatable bonds is 3. The highest BCUT2D eigenvalue weighted by Crippen LogP contribution is 2.21. The van der Waals surface area contributed by atoms with Crippen molar-refractivity contribution in [3.63, 3.8) is 0 Å². The second-order valence-electron chi connectivity index (χ2n) is 4.97. The molecule has 0 amide bonds. The topological polar surface area (TPSA) is 16.1 Å². The summed E-state index contributed by atoms with van der Waals surface area (Å²) in [7, 11) is 0. The Kier molecular flexibility index (Phi) is 4.81. The van der Waals surface area contributed by atoms with Gasteiger partial charge in [0.05, 0.1) is 0 Å². The molecule has 0 radical (unpaired) electrons. The summed E-state index contributed by atoms with van der Waals surface area (Å²) in [4.78, 5) is 6.68. The van der Waals surface area contributed by atoms with Gasteiger partial charge in [-0.2, -0.15) is 0 Å². The molecule has 1 fully saturated rings. The second kappa shape index (κ2) is 6.36. The van der Waals surface area contributed by atoms with Gasteiger partial charge in [0.2, 0.25) is 0 Å². The van der Waals surface area contributed by atoms with E-state index in [1.165, 1.54) is 44.3 Å². The summed E-state index contributed by atoms with van der Waals surface area (Å²) in [5.41, 5.74) is 1.27. The summed E-state index contributed by atoms with van der Waals surface area (Å²) in [5.74, 6) is 0.934. The van der Waals surface area contributed by atoms with Gasteiger partial charge >= 0.3 is 0 Å². The van der Waals surface area contributed by atoms with E-state index in [9.17, 15) is 0 Å². The van der Waals surface area contributed by atoms with Crippen LogP contribution in [0.5, 0.6) is 0 Å². The van der Waals surface area contributed by atoms with Crippen LogP contribution in [0.2, 0.25) is 5.15 Å². The molecule has 3 heteroatoms. The van der Waals surface area contributed by atoms with E-state index in [0.717, 1.165) is 12.5 Å². The predicted molar refractivity (Wildman–Crippen MR) is 72.2 cm³/mol. The van der Waals surface area contributed by atoms with Crippen molar-refractivity contribution < 1.29 is 0 Å². The fourth-order valence-electron chi connectivity index (χ4n) is 2.55. The third kappa shape index (κ3) is 3.97. The van der Waals surface area contributed by atoms with Crippen LogP contribution in [-0.2, 0) is 6.54 Å². The van der Waals surface area contributed by atoms with Crippen LogP contribution in [0, 0.1) is 5.92 Å². The predicted octanol–water partition coefficient (Wildman–Crippen LogP) is 3.75. The van der Waals surface area contributed by atoms with Crippen molar-refractivity contribution in [2.45, 2.75) is 39.2 Å². The summed E-state index contributed by atoms with van der Waals surface area (Å²) in [6.45, 7) is 5.77. The minimum absolute atomic E-state index is 0.579. The summed E-state index contributed by atoms with van der Waals surface area (Å²) in [6, 6.07) is 3.96. The van der Waals surface area contributed by atoms with E-state index in [4.69, 9.17) is 11.6 Å². The Bertz CT molecular complexity index is 337. The van der Waals surface area contributed by atoms with Gasteiger partial charge < -0.3 is 0 Å². The molecule has 0 saturated carbocycles. The van der Waals surface area contributed by atoms with Gasteiger partial charge in [0.1, 0.15) is 5.15 Å². The average Bonchev–Trinajstić information content (AvgIpc) is 2.57. The van der Waals surface area contributed by atoms with E-state index in [1.54, 1.807) is 0 Å². The fraction of sp³-hybridized carbons (Fsp3) is 0.643. The Morgan fingerprint density at radius 1 is 1.35 bits per heavy atom. The van der Waals surface area contributed by atoms with Crippen LogP contribution >= 0.6 is 11.6 Å². The molecule has 1 atom stereocenters. The van der Waals surface area contributed by atoms with Crippen LogP contribution in [0.3, 0.4) is 0 Å². The third-order valence-corrected chi connectivity index (χ3v) is 3.94. The Morgan fingerprint density at radius 3 is 2.94 bits per heavy atom. The van der Waals surface area contributed by atoms with Crippen molar-refractivity contribution in [3.8, 4) is 0 Å². The monoisotopic (exact) mass is 252 g/mol. The molecule has 1 saturated heterocycles. The Morgan fingerprint density at radius 2 is 2.24 bits per heavy atom. The standard InChI is InChI=1S/C14H21ClN2/c1-2-12-4-3-8-17(9-7-12)11-13-5-6-14(15)16-10-13/h5-6,10,12H,2-4,7-9,11H2,1H3. The Hall–Kier alpha value is -0.600. The summed E-state index contributed by atoms with van der Waals surface area (Å²) >= 11 is 5.79. The molecule has 0 bridgehead atoms. The smallest absolute Gasteiger partial charge is 0.129 e. The van der Waals surface area contributed by atoms with E-state index in [-0.39, 0.29) is 0 Å². The number of hydrogen-bond donors (Lipinski definition) is 0. The van der Waals surface area contributed by atoms with Crippen LogP contribution in [-0.4, -0.2) is 23.0 Å². The summed E-state index contributed by atoms with van der Waals surface area (Å²) in [6.07, 6.45) is 7.30. The highest BCUT2D eigenvalue weighted by Gasteiger charge is 2.15. The van der Waals surface area contributed by atoms with Gasteiger partial charge in [-0.1, -0.05) is 31.0 Å². The quantitative estimate of drug-likeness (QED) is 0.762. The van der Waals surface area contributed by atoms with Gasteiger partial charge in [-0.15, -0.1) is 0 Å². The summed E-state index contributed by atoms with van der Waals surface area (Å²) < 4.78 is 0. The average molecular weight is 253 g/mol. The molecule has 2 heterocycles. The minimum atomic E-state index is 0.579. The largest absolute Gasteiger partial charge is 0.299 e. The van der Waals surface area contributed by atoms with Crippen molar-refractivity contribution >= 4 is 11.6 Å². The van der Waals surface area contributed by atoms with Crippen LogP contribution in [0.15, 0.2) is 18.3 Å². The zero-order valence-corrected chi connectivity index (χ0v) is 11.3. The molecule has 1 aromatic heterocycles. The molecule has 1 aliphatic rings. The first-order valence-corrected chi connectivity index (χ1v) is 6.98. The number of hydrogen-bond acceptors (Lipinski definition) is 2. The highest BCUT2D eigenvalue weighted by atomic mass is 35.5. The number of pyridine rings is 1. The van der Waals surface area contributed by atoms with Crippen LogP contribution in [0.4, 0.5) is 0 Å². The van der Waals surface area contributed by atoms with E-state index < -0.39 is 0 Å². The zero-order chi connectivity index (χ0) is 12.1. The second-order valence-corrected chi connectivity index (χ2v) is 5.36. The number of aromatic nitrogens is 1. The fourth-order valence-corrected chi connectivity index (χ4v) is 2.66. The highest BCUT2D eigenvalue weighted by molar-refractivity contribution is 6.29. The molecule has 0 spiro atoms. The van der Waals surface area contributed by atoms with Gasteiger partial charge in [0.25, 0.3) is 0 Å². The summed E-state index contributed by atoms with van der Waals surface area (Å²) in [5, 5.41) is 0.579. The van der Waals surface area contributed by atoms with E-state index in [0.29, 0.717) is 5.15 Å².